The fourth-order valence-corrected chi connectivity index (χ4v) is 5.44. The average molecular weight is 384 g/mol. The summed E-state index contributed by atoms with van der Waals surface area (Å²) >= 11 is 1.59. The molecule has 27 heavy (non-hydrogen) atoms. The Morgan fingerprint density at radius 3 is 2.89 bits per heavy atom. The van der Waals surface area contributed by atoms with Gasteiger partial charge in [-0.05, 0) is 30.5 Å². The van der Waals surface area contributed by atoms with E-state index in [9.17, 15) is 4.79 Å². The molecule has 1 saturated heterocycles. The van der Waals surface area contributed by atoms with Gasteiger partial charge in [0.2, 0.25) is 5.96 Å². The second-order valence-electron chi connectivity index (χ2n) is 7.71. The Hall–Kier alpha value is -1.99. The van der Waals surface area contributed by atoms with Gasteiger partial charge in [0, 0.05) is 49.2 Å². The minimum atomic E-state index is 0.0345. The van der Waals surface area contributed by atoms with Gasteiger partial charge in [-0.2, -0.15) is 0 Å². The zero-order chi connectivity index (χ0) is 18.2. The molecule has 2 unspecified atom stereocenters. The zero-order valence-electron chi connectivity index (χ0n) is 15.4. The van der Waals surface area contributed by atoms with Crippen molar-refractivity contribution in [2.45, 2.75) is 37.8 Å². The van der Waals surface area contributed by atoms with Crippen LogP contribution in [0.3, 0.4) is 0 Å². The van der Waals surface area contributed by atoms with Crippen LogP contribution in [0.25, 0.3) is 6.08 Å². The summed E-state index contributed by atoms with van der Waals surface area (Å²) in [5.41, 5.74) is 1.17. The van der Waals surface area contributed by atoms with E-state index in [1.165, 1.54) is 31.2 Å². The minimum Gasteiger partial charge on any atom is -0.352 e. The lowest BCUT2D eigenvalue weighted by Gasteiger charge is -2.27. The number of piperazine rings is 1. The average Bonchev–Trinajstić information content (AvgIpc) is 3.37. The Bertz CT molecular complexity index is 814. The maximum atomic E-state index is 12.9. The molecule has 1 aromatic rings. The Kier molecular flexibility index (Phi) is 4.57. The standard InChI is InChI=1S/C20H25N5OS/c26-19(25-9-7-21-8-10-25)17-11-15-16(27-17)6-5-13-12-22-20(24-18(13)15)23-14-3-1-2-4-14/h5-6,11-14,18,21H,1-4,7-10H2,(H,23,24). The molecule has 1 amide bonds. The lowest BCUT2D eigenvalue weighted by Crippen LogP contribution is -2.46. The highest BCUT2D eigenvalue weighted by molar-refractivity contribution is 7.15. The zero-order valence-corrected chi connectivity index (χ0v) is 16.2. The van der Waals surface area contributed by atoms with Gasteiger partial charge in [-0.25, -0.2) is 9.98 Å². The molecule has 0 spiro atoms. The van der Waals surface area contributed by atoms with E-state index in [2.05, 4.69) is 33.8 Å². The highest BCUT2D eigenvalue weighted by atomic mass is 32.1. The van der Waals surface area contributed by atoms with E-state index in [0.29, 0.717) is 6.04 Å². The second-order valence-corrected chi connectivity index (χ2v) is 8.79. The first kappa shape index (κ1) is 17.1. The molecule has 2 atom stereocenters. The summed E-state index contributed by atoms with van der Waals surface area (Å²) in [5, 5.41) is 6.81. The molecule has 2 aliphatic carbocycles. The number of thiophene rings is 1. The first-order valence-electron chi connectivity index (χ1n) is 9.98. The third kappa shape index (κ3) is 3.34. The number of nitrogens with zero attached hydrogens (tertiary/aromatic N) is 3. The molecule has 1 aromatic heterocycles. The van der Waals surface area contributed by atoms with Gasteiger partial charge in [0.25, 0.3) is 5.91 Å². The van der Waals surface area contributed by atoms with Gasteiger partial charge in [-0.3, -0.25) is 4.79 Å². The molecule has 3 heterocycles. The maximum absolute atomic E-state index is 12.9. The highest BCUT2D eigenvalue weighted by Gasteiger charge is 2.32. The number of fused-ring (bicyclic) bond motifs is 3. The Balaban J connectivity index is 1.38. The Morgan fingerprint density at radius 1 is 1.26 bits per heavy atom. The summed E-state index contributed by atoms with van der Waals surface area (Å²) in [7, 11) is 0. The molecule has 6 nitrogen and oxygen atoms in total. The van der Waals surface area contributed by atoms with Crippen LogP contribution in [0.2, 0.25) is 0 Å². The van der Waals surface area contributed by atoms with Crippen molar-refractivity contribution in [2.24, 2.45) is 15.9 Å². The molecular weight excluding hydrogens is 358 g/mol. The lowest BCUT2D eigenvalue weighted by molar-refractivity contribution is 0.0740. The van der Waals surface area contributed by atoms with Crippen LogP contribution < -0.4 is 10.6 Å². The van der Waals surface area contributed by atoms with Crippen LogP contribution in [0, 0.1) is 5.92 Å². The molecule has 4 aliphatic rings. The summed E-state index contributed by atoms with van der Waals surface area (Å²) in [4.78, 5) is 26.3. The van der Waals surface area contributed by atoms with E-state index < -0.39 is 0 Å². The topological polar surface area (TPSA) is 69.1 Å². The number of hydrogen-bond donors (Lipinski definition) is 2. The largest absolute Gasteiger partial charge is 0.352 e. The smallest absolute Gasteiger partial charge is 0.264 e. The number of rotatable bonds is 2. The Morgan fingerprint density at radius 2 is 2.07 bits per heavy atom. The number of carbonyl (C=O) groups excluding carboxylic acids is 1. The van der Waals surface area contributed by atoms with Crippen LogP contribution in [0.5, 0.6) is 0 Å². The van der Waals surface area contributed by atoms with Gasteiger partial charge >= 0.3 is 0 Å². The summed E-state index contributed by atoms with van der Waals surface area (Å²) in [6.07, 6.45) is 11.3. The number of nitrogens with one attached hydrogen (secondary N) is 2. The van der Waals surface area contributed by atoms with Gasteiger partial charge in [-0.15, -0.1) is 11.3 Å². The van der Waals surface area contributed by atoms with Crippen molar-refractivity contribution in [1.29, 1.82) is 0 Å². The predicted molar refractivity (Wildman–Crippen MR) is 110 cm³/mol. The molecule has 7 heteroatoms. The fourth-order valence-electron chi connectivity index (χ4n) is 4.36. The van der Waals surface area contributed by atoms with Gasteiger partial charge in [-0.1, -0.05) is 18.9 Å². The first-order valence-corrected chi connectivity index (χ1v) is 10.8. The van der Waals surface area contributed by atoms with E-state index >= 15 is 0 Å². The maximum Gasteiger partial charge on any atom is 0.264 e. The third-order valence-electron chi connectivity index (χ3n) is 5.88. The number of amides is 1. The fraction of sp³-hybridized carbons (Fsp3) is 0.550. The monoisotopic (exact) mass is 383 g/mol. The quantitative estimate of drug-likeness (QED) is 0.824. The molecule has 1 saturated carbocycles. The Labute approximate surface area is 163 Å². The van der Waals surface area contributed by atoms with E-state index in [4.69, 9.17) is 4.99 Å². The summed E-state index contributed by atoms with van der Waals surface area (Å²) in [6, 6.07) is 2.61. The molecule has 0 bridgehead atoms. The molecule has 5 rings (SSSR count). The van der Waals surface area contributed by atoms with Gasteiger partial charge in [0.05, 0.1) is 10.9 Å². The molecule has 2 N–H and O–H groups in total. The number of aliphatic imine (C=N–C) groups is 2. The van der Waals surface area contributed by atoms with Crippen molar-refractivity contribution < 1.29 is 4.79 Å². The van der Waals surface area contributed by atoms with Gasteiger partial charge in [0.1, 0.15) is 0 Å². The predicted octanol–water partition coefficient (Wildman–Crippen LogP) is 2.45. The normalized spacial score (nSPS) is 27.3. The SMILES string of the molecule is O=C(c1cc2c(s1)C=CC1C=NC(NC3CCCC3)=NC21)N1CCNCC1. The highest BCUT2D eigenvalue weighted by Crippen LogP contribution is 2.40. The van der Waals surface area contributed by atoms with Crippen LogP contribution in [0.4, 0.5) is 0 Å². The van der Waals surface area contributed by atoms with E-state index in [-0.39, 0.29) is 17.9 Å². The molecular formula is C20H25N5OS. The third-order valence-corrected chi connectivity index (χ3v) is 6.98. The van der Waals surface area contributed by atoms with E-state index in [1.807, 2.05) is 11.1 Å². The second kappa shape index (κ2) is 7.20. The van der Waals surface area contributed by atoms with Crippen molar-refractivity contribution in [1.82, 2.24) is 15.5 Å². The number of guanidine groups is 1. The first-order chi connectivity index (χ1) is 13.3. The van der Waals surface area contributed by atoms with Crippen molar-refractivity contribution in [2.75, 3.05) is 26.2 Å². The number of carbonyl (C=O) groups is 1. The molecule has 142 valence electrons. The minimum absolute atomic E-state index is 0.0345. The van der Waals surface area contributed by atoms with Crippen LogP contribution in [0.1, 0.15) is 51.8 Å². The number of hydrogen-bond acceptors (Lipinski definition) is 6. The van der Waals surface area contributed by atoms with Crippen LogP contribution in [0.15, 0.2) is 22.1 Å². The van der Waals surface area contributed by atoms with E-state index in [0.717, 1.165) is 41.9 Å². The molecule has 0 aromatic carbocycles. The van der Waals surface area contributed by atoms with E-state index in [1.54, 1.807) is 11.3 Å². The van der Waals surface area contributed by atoms with Crippen LogP contribution in [-0.2, 0) is 0 Å². The van der Waals surface area contributed by atoms with Crippen LogP contribution in [-0.4, -0.2) is 55.2 Å². The lowest BCUT2D eigenvalue weighted by atomic mass is 9.89. The molecule has 2 aliphatic heterocycles. The summed E-state index contributed by atoms with van der Waals surface area (Å²) in [6.45, 7) is 3.31. The van der Waals surface area contributed by atoms with Crippen molar-refractivity contribution >= 4 is 35.5 Å². The van der Waals surface area contributed by atoms with Gasteiger partial charge in [0.15, 0.2) is 0 Å². The summed E-state index contributed by atoms with van der Waals surface area (Å²) < 4.78 is 0. The van der Waals surface area contributed by atoms with Crippen molar-refractivity contribution in [3.8, 4) is 0 Å². The van der Waals surface area contributed by atoms with Gasteiger partial charge < -0.3 is 15.5 Å². The molecule has 2 fully saturated rings. The summed E-state index contributed by atoms with van der Waals surface area (Å²) in [5.74, 6) is 1.09. The molecule has 0 radical (unpaired) electrons. The van der Waals surface area contributed by atoms with Crippen molar-refractivity contribution in [3.63, 3.8) is 0 Å². The van der Waals surface area contributed by atoms with Crippen LogP contribution >= 0.6 is 11.3 Å². The van der Waals surface area contributed by atoms with Crippen molar-refractivity contribution in [3.05, 3.63) is 27.5 Å².